The van der Waals surface area contributed by atoms with E-state index in [2.05, 4.69) is 34.6 Å². The summed E-state index contributed by atoms with van der Waals surface area (Å²) in [4.78, 5) is 5.68. The molecule has 0 fully saturated rings. The Bertz CT molecular complexity index is 579. The molecule has 0 amide bonds. The lowest BCUT2D eigenvalue weighted by Gasteiger charge is -2.10. The zero-order valence-corrected chi connectivity index (χ0v) is 12.2. The molecule has 0 aliphatic carbocycles. The minimum absolute atomic E-state index is 0.0993. The van der Waals surface area contributed by atoms with E-state index in [-0.39, 0.29) is 6.04 Å². The molecule has 0 radical (unpaired) electrons. The summed E-state index contributed by atoms with van der Waals surface area (Å²) in [7, 11) is 0. The van der Waals surface area contributed by atoms with Gasteiger partial charge >= 0.3 is 0 Å². The summed E-state index contributed by atoms with van der Waals surface area (Å²) in [6, 6.07) is 2.28. The average Bonchev–Trinajstić information content (AvgIpc) is 2.96. The SMILES string of the molecule is CCc1cnc(C(C)Nc2snc(C)c2C#N)s1. The molecule has 0 aromatic carbocycles. The summed E-state index contributed by atoms with van der Waals surface area (Å²) < 4.78 is 4.20. The maximum absolute atomic E-state index is 9.08. The van der Waals surface area contributed by atoms with Crippen LogP contribution < -0.4 is 5.32 Å². The van der Waals surface area contributed by atoms with Gasteiger partial charge in [-0.1, -0.05) is 6.92 Å². The predicted octanol–water partition coefficient (Wildman–Crippen LogP) is 3.52. The number of nitrogens with zero attached hydrogens (tertiary/aromatic N) is 3. The second-order valence-corrected chi connectivity index (χ2v) is 5.89. The number of aromatic nitrogens is 2. The van der Waals surface area contributed by atoms with Gasteiger partial charge < -0.3 is 5.32 Å². The topological polar surface area (TPSA) is 61.6 Å². The summed E-state index contributed by atoms with van der Waals surface area (Å²) in [6.45, 7) is 6.02. The Morgan fingerprint density at radius 1 is 1.56 bits per heavy atom. The van der Waals surface area contributed by atoms with E-state index in [9.17, 15) is 0 Å². The molecular formula is C12H14N4S2. The van der Waals surface area contributed by atoms with E-state index in [1.807, 2.05) is 13.1 Å². The number of rotatable bonds is 4. The highest BCUT2D eigenvalue weighted by molar-refractivity contribution is 7.12. The molecule has 6 heteroatoms. The minimum atomic E-state index is 0.0993. The second-order valence-electron chi connectivity index (χ2n) is 3.97. The van der Waals surface area contributed by atoms with Crippen LogP contribution in [0.3, 0.4) is 0 Å². The molecule has 2 aromatic rings. The van der Waals surface area contributed by atoms with E-state index >= 15 is 0 Å². The van der Waals surface area contributed by atoms with Crippen molar-refractivity contribution in [1.82, 2.24) is 9.36 Å². The summed E-state index contributed by atoms with van der Waals surface area (Å²) in [5.41, 5.74) is 1.42. The van der Waals surface area contributed by atoms with Crippen LogP contribution in [0.2, 0.25) is 0 Å². The Morgan fingerprint density at radius 3 is 2.94 bits per heavy atom. The van der Waals surface area contributed by atoms with Gasteiger partial charge in [-0.2, -0.15) is 9.64 Å². The third kappa shape index (κ3) is 2.52. The Hall–Kier alpha value is -1.45. The van der Waals surface area contributed by atoms with Gasteiger partial charge in [0.05, 0.1) is 11.7 Å². The highest BCUT2D eigenvalue weighted by Gasteiger charge is 2.15. The Kier molecular flexibility index (Phi) is 3.94. The highest BCUT2D eigenvalue weighted by Crippen LogP contribution is 2.29. The standard InChI is InChI=1S/C12H14N4S2/c1-4-9-6-14-11(17-9)8(3)15-12-10(5-13)7(2)16-18-12/h6,8,15H,4H2,1-3H3. The van der Waals surface area contributed by atoms with Crippen molar-refractivity contribution in [1.29, 1.82) is 5.26 Å². The van der Waals surface area contributed by atoms with Crippen LogP contribution in [0, 0.1) is 18.3 Å². The van der Waals surface area contributed by atoms with Crippen LogP contribution >= 0.6 is 22.9 Å². The first-order chi connectivity index (χ1) is 8.65. The highest BCUT2D eigenvalue weighted by atomic mass is 32.1. The summed E-state index contributed by atoms with van der Waals surface area (Å²) in [6.07, 6.45) is 2.93. The van der Waals surface area contributed by atoms with Crippen molar-refractivity contribution in [3.8, 4) is 6.07 Å². The van der Waals surface area contributed by atoms with Gasteiger partial charge in [0.1, 0.15) is 21.6 Å². The molecule has 0 saturated heterocycles. The fraction of sp³-hybridized carbons (Fsp3) is 0.417. The second kappa shape index (κ2) is 5.46. The van der Waals surface area contributed by atoms with Gasteiger partial charge in [-0.05, 0) is 31.8 Å². The number of nitriles is 1. The molecule has 4 nitrogen and oxygen atoms in total. The number of hydrogen-bond acceptors (Lipinski definition) is 6. The lowest BCUT2D eigenvalue weighted by molar-refractivity contribution is 0.873. The molecule has 0 spiro atoms. The van der Waals surface area contributed by atoms with E-state index in [0.29, 0.717) is 5.56 Å². The largest absolute Gasteiger partial charge is 0.366 e. The number of aryl methyl sites for hydroxylation is 2. The van der Waals surface area contributed by atoms with Gasteiger partial charge in [0.15, 0.2) is 0 Å². The van der Waals surface area contributed by atoms with Crippen molar-refractivity contribution in [2.45, 2.75) is 33.2 Å². The van der Waals surface area contributed by atoms with Crippen molar-refractivity contribution in [2.75, 3.05) is 5.32 Å². The van der Waals surface area contributed by atoms with Gasteiger partial charge in [0.25, 0.3) is 0 Å². The molecule has 2 aromatic heterocycles. The van der Waals surface area contributed by atoms with Crippen LogP contribution in [0.25, 0.3) is 0 Å². The van der Waals surface area contributed by atoms with Crippen LogP contribution in [0.15, 0.2) is 6.20 Å². The number of nitrogens with one attached hydrogen (secondary N) is 1. The molecule has 2 rings (SSSR count). The van der Waals surface area contributed by atoms with Crippen molar-refractivity contribution in [3.05, 3.63) is 27.3 Å². The molecule has 1 atom stereocenters. The quantitative estimate of drug-likeness (QED) is 0.929. The number of hydrogen-bond donors (Lipinski definition) is 1. The van der Waals surface area contributed by atoms with Crippen LogP contribution in [-0.4, -0.2) is 9.36 Å². The van der Waals surface area contributed by atoms with Crippen molar-refractivity contribution < 1.29 is 0 Å². The lowest BCUT2D eigenvalue weighted by atomic mass is 10.2. The average molecular weight is 278 g/mol. The zero-order chi connectivity index (χ0) is 13.1. The van der Waals surface area contributed by atoms with Crippen LogP contribution in [0.1, 0.15) is 41.0 Å². The minimum Gasteiger partial charge on any atom is -0.366 e. The van der Waals surface area contributed by atoms with Gasteiger partial charge in [-0.25, -0.2) is 4.98 Å². The summed E-state index contributed by atoms with van der Waals surface area (Å²) in [5.74, 6) is 0. The molecule has 2 heterocycles. The predicted molar refractivity (Wildman–Crippen MR) is 75.1 cm³/mol. The van der Waals surface area contributed by atoms with Gasteiger partial charge in [-0.3, -0.25) is 0 Å². The van der Waals surface area contributed by atoms with Crippen molar-refractivity contribution in [3.63, 3.8) is 0 Å². The zero-order valence-electron chi connectivity index (χ0n) is 10.5. The van der Waals surface area contributed by atoms with E-state index in [0.717, 1.165) is 22.1 Å². The first-order valence-electron chi connectivity index (χ1n) is 5.73. The monoisotopic (exact) mass is 278 g/mol. The van der Waals surface area contributed by atoms with Gasteiger partial charge in [0.2, 0.25) is 0 Å². The molecule has 0 bridgehead atoms. The maximum Gasteiger partial charge on any atom is 0.128 e. The third-order valence-electron chi connectivity index (χ3n) is 2.61. The van der Waals surface area contributed by atoms with E-state index in [1.54, 1.807) is 11.3 Å². The molecule has 1 N–H and O–H groups in total. The maximum atomic E-state index is 9.08. The van der Waals surface area contributed by atoms with Crippen LogP contribution in [0.4, 0.5) is 5.00 Å². The van der Waals surface area contributed by atoms with E-state index in [4.69, 9.17) is 5.26 Å². The fourth-order valence-corrected chi connectivity index (χ4v) is 3.24. The molecule has 0 aliphatic heterocycles. The summed E-state index contributed by atoms with van der Waals surface area (Å²) >= 11 is 3.04. The Labute approximate surface area is 114 Å². The lowest BCUT2D eigenvalue weighted by Crippen LogP contribution is -2.05. The first kappa shape index (κ1) is 13.0. The molecular weight excluding hydrogens is 264 g/mol. The van der Waals surface area contributed by atoms with Crippen LogP contribution in [0.5, 0.6) is 0 Å². The van der Waals surface area contributed by atoms with Crippen molar-refractivity contribution >= 4 is 27.9 Å². The number of thiazole rings is 1. The fourth-order valence-electron chi connectivity index (χ4n) is 1.54. The van der Waals surface area contributed by atoms with E-state index < -0.39 is 0 Å². The van der Waals surface area contributed by atoms with Gasteiger partial charge in [-0.15, -0.1) is 11.3 Å². The van der Waals surface area contributed by atoms with E-state index in [1.165, 1.54) is 16.4 Å². The smallest absolute Gasteiger partial charge is 0.128 e. The molecule has 1 unspecified atom stereocenters. The Morgan fingerprint density at radius 2 is 2.33 bits per heavy atom. The number of anilines is 1. The molecule has 0 aliphatic rings. The molecule has 18 heavy (non-hydrogen) atoms. The molecule has 94 valence electrons. The molecule has 0 saturated carbocycles. The third-order valence-corrected chi connectivity index (χ3v) is 4.81. The first-order valence-corrected chi connectivity index (χ1v) is 7.32. The van der Waals surface area contributed by atoms with Gasteiger partial charge in [0, 0.05) is 11.1 Å². The van der Waals surface area contributed by atoms with Crippen LogP contribution in [-0.2, 0) is 6.42 Å². The van der Waals surface area contributed by atoms with Crippen molar-refractivity contribution in [2.24, 2.45) is 0 Å². The Balaban J connectivity index is 2.16. The normalized spacial score (nSPS) is 12.1. The summed E-state index contributed by atoms with van der Waals surface area (Å²) in [5, 5.41) is 14.3.